The lowest BCUT2D eigenvalue weighted by Gasteiger charge is -2.29. The third kappa shape index (κ3) is 8.08. The topological polar surface area (TPSA) is 136 Å². The van der Waals surface area contributed by atoms with Gasteiger partial charge < -0.3 is 20.1 Å². The molecule has 0 spiro atoms. The number of hydrogen-bond acceptors (Lipinski definition) is 8. The fourth-order valence-corrected chi connectivity index (χ4v) is 5.89. The Labute approximate surface area is 220 Å². The number of methoxy groups -OCH3 is 1. The fraction of sp³-hybridized carbons (Fsp3) is 0.480. The van der Waals surface area contributed by atoms with Crippen molar-refractivity contribution < 1.29 is 31.1 Å². The van der Waals surface area contributed by atoms with Gasteiger partial charge in [-0.1, -0.05) is 33.3 Å². The summed E-state index contributed by atoms with van der Waals surface area (Å²) in [5.41, 5.74) is 5.84. The number of benzene rings is 2. The van der Waals surface area contributed by atoms with E-state index in [1.165, 1.54) is 23.5 Å². The smallest absolute Gasteiger partial charge is 0.248 e. The highest BCUT2D eigenvalue weighted by Gasteiger charge is 2.31. The molecule has 0 saturated heterocycles. The maximum Gasteiger partial charge on any atom is 0.248 e. The van der Waals surface area contributed by atoms with Gasteiger partial charge in [-0.15, -0.1) is 0 Å². The predicted octanol–water partition coefficient (Wildman–Crippen LogP) is 3.27. The lowest BCUT2D eigenvalue weighted by Crippen LogP contribution is -2.33. The number of nitrogens with zero attached hydrogens (tertiary/aromatic N) is 2. The first-order chi connectivity index (χ1) is 17.4. The van der Waals surface area contributed by atoms with Crippen LogP contribution in [-0.4, -0.2) is 72.3 Å². The Morgan fingerprint density at radius 2 is 1.62 bits per heavy atom. The van der Waals surface area contributed by atoms with E-state index < -0.39 is 25.8 Å². The Kier molecular flexibility index (Phi) is 10.8. The lowest BCUT2D eigenvalue weighted by atomic mass is 10.1. The van der Waals surface area contributed by atoms with E-state index in [1.54, 1.807) is 43.0 Å². The second-order valence-electron chi connectivity index (χ2n) is 8.53. The van der Waals surface area contributed by atoms with Gasteiger partial charge in [-0.3, -0.25) is 4.79 Å². The third-order valence-corrected chi connectivity index (χ3v) is 8.74. The number of ether oxygens (including phenoxy) is 2. The summed E-state index contributed by atoms with van der Waals surface area (Å²) in [6, 6.07) is 9.34. The fourth-order valence-electron chi connectivity index (χ4n) is 3.72. The normalized spacial score (nSPS) is 11.9. The Hall–Kier alpha value is -2.83. The quantitative estimate of drug-likeness (QED) is 0.354. The summed E-state index contributed by atoms with van der Waals surface area (Å²) in [4.78, 5) is 13.8. The average molecular weight is 556 g/mol. The van der Waals surface area contributed by atoms with Gasteiger partial charge in [0.05, 0.1) is 18.6 Å². The van der Waals surface area contributed by atoms with Crippen LogP contribution >= 0.6 is 0 Å². The van der Waals surface area contributed by atoms with E-state index in [-0.39, 0.29) is 47.3 Å². The molecule has 0 aromatic heterocycles. The van der Waals surface area contributed by atoms with E-state index in [2.05, 4.69) is 0 Å². The number of sulfonamides is 1. The average Bonchev–Trinajstić information content (AvgIpc) is 2.84. The number of anilines is 1. The van der Waals surface area contributed by atoms with Crippen molar-refractivity contribution in [1.82, 2.24) is 4.31 Å². The van der Waals surface area contributed by atoms with Crippen molar-refractivity contribution in [3.63, 3.8) is 0 Å². The molecule has 0 radical (unpaired) electrons. The van der Waals surface area contributed by atoms with Gasteiger partial charge in [-0.2, -0.15) is 4.31 Å². The number of nitrogens with two attached hydrogens (primary N) is 1. The second-order valence-corrected chi connectivity index (χ2v) is 12.7. The van der Waals surface area contributed by atoms with E-state index >= 15 is 0 Å². The molecule has 0 fully saturated rings. The summed E-state index contributed by atoms with van der Waals surface area (Å²) in [7, 11) is -5.96. The number of carbonyl (C=O) groups is 1. The highest BCUT2D eigenvalue weighted by Crippen LogP contribution is 2.41. The zero-order valence-electron chi connectivity index (χ0n) is 22.1. The number of amides is 1. The van der Waals surface area contributed by atoms with Crippen LogP contribution in [0.2, 0.25) is 0 Å². The molecule has 2 aromatic carbocycles. The highest BCUT2D eigenvalue weighted by molar-refractivity contribution is 7.90. The van der Waals surface area contributed by atoms with Crippen LogP contribution in [0.5, 0.6) is 17.2 Å². The third-order valence-electron chi connectivity index (χ3n) is 5.76. The lowest BCUT2D eigenvalue weighted by molar-refractivity contribution is 0.1000. The molecule has 12 heteroatoms. The van der Waals surface area contributed by atoms with Gasteiger partial charge in [0.1, 0.15) is 26.2 Å². The number of hydrogen-bond donors (Lipinski definition) is 1. The Morgan fingerprint density at radius 3 is 2.16 bits per heavy atom. The molecule has 0 aliphatic rings. The van der Waals surface area contributed by atoms with Gasteiger partial charge in [0.15, 0.2) is 5.75 Å². The van der Waals surface area contributed by atoms with Crippen LogP contribution < -0.4 is 20.1 Å². The molecule has 206 valence electrons. The Morgan fingerprint density at radius 1 is 0.973 bits per heavy atom. The first-order valence-corrected chi connectivity index (χ1v) is 15.6. The zero-order valence-corrected chi connectivity index (χ0v) is 23.7. The zero-order chi connectivity index (χ0) is 27.8. The molecule has 2 aromatic rings. The van der Waals surface area contributed by atoms with E-state index in [1.807, 2.05) is 6.92 Å². The number of unbranched alkanes of at least 4 members (excludes halogenated alkanes) is 1. The molecule has 0 aliphatic carbocycles. The number of rotatable bonds is 15. The molecular formula is C25H37N3O7S2. The van der Waals surface area contributed by atoms with Crippen molar-refractivity contribution in [3.05, 3.63) is 42.0 Å². The predicted molar refractivity (Wildman–Crippen MR) is 145 cm³/mol. The standard InChI is InChI=1S/C25H37N3O7S2/c1-6-9-13-27(14-15-36(5,30)31)22-16-19(25(26)29)17-23(37(32,33)28(7-2)8-3)24(22)35-21-12-10-11-20(18-21)34-4/h10-12,16-18H,6-9,13-15H2,1-5H3,(H2,26,29). The van der Waals surface area contributed by atoms with Crippen molar-refractivity contribution >= 4 is 31.5 Å². The Bertz CT molecular complexity index is 1290. The van der Waals surface area contributed by atoms with Crippen LogP contribution in [0, 0.1) is 0 Å². The number of sulfone groups is 1. The second kappa shape index (κ2) is 13.1. The molecule has 37 heavy (non-hydrogen) atoms. The molecule has 0 aliphatic heterocycles. The van der Waals surface area contributed by atoms with Gasteiger partial charge in [-0.25, -0.2) is 16.8 Å². The monoisotopic (exact) mass is 555 g/mol. The summed E-state index contributed by atoms with van der Waals surface area (Å²) in [5, 5.41) is 0. The van der Waals surface area contributed by atoms with E-state index in [0.717, 1.165) is 12.7 Å². The Balaban J connectivity index is 2.90. The molecule has 1 amide bonds. The molecule has 0 unspecified atom stereocenters. The summed E-state index contributed by atoms with van der Waals surface area (Å²) in [6.45, 7) is 6.28. The molecule has 2 N–H and O–H groups in total. The molecule has 0 heterocycles. The molecule has 2 rings (SSSR count). The molecule has 10 nitrogen and oxygen atoms in total. The largest absolute Gasteiger partial charge is 0.497 e. The highest BCUT2D eigenvalue weighted by atomic mass is 32.2. The minimum Gasteiger partial charge on any atom is -0.497 e. The maximum atomic E-state index is 13.8. The van der Waals surface area contributed by atoms with Gasteiger partial charge in [-0.05, 0) is 30.7 Å². The van der Waals surface area contributed by atoms with Crippen molar-refractivity contribution in [2.75, 3.05) is 50.2 Å². The number of primary amides is 1. The van der Waals surface area contributed by atoms with E-state index in [4.69, 9.17) is 15.2 Å². The van der Waals surface area contributed by atoms with Crippen LogP contribution in [0.4, 0.5) is 5.69 Å². The van der Waals surface area contributed by atoms with Crippen molar-refractivity contribution in [2.24, 2.45) is 5.73 Å². The van der Waals surface area contributed by atoms with Crippen molar-refractivity contribution in [2.45, 2.75) is 38.5 Å². The van der Waals surface area contributed by atoms with Crippen LogP contribution in [0.25, 0.3) is 0 Å². The minimum absolute atomic E-state index is 0.0187. The maximum absolute atomic E-state index is 13.8. The molecular weight excluding hydrogens is 518 g/mol. The molecule has 0 atom stereocenters. The van der Waals surface area contributed by atoms with Crippen LogP contribution in [0.1, 0.15) is 44.0 Å². The van der Waals surface area contributed by atoms with Crippen molar-refractivity contribution in [1.29, 1.82) is 0 Å². The minimum atomic E-state index is -4.12. The summed E-state index contributed by atoms with van der Waals surface area (Å²) < 4.78 is 64.3. The SMILES string of the molecule is CCCCN(CCS(C)(=O)=O)c1cc(C(N)=O)cc(S(=O)(=O)N(CC)CC)c1Oc1cccc(OC)c1. The van der Waals surface area contributed by atoms with Gasteiger partial charge in [0, 0.05) is 44.1 Å². The van der Waals surface area contributed by atoms with E-state index in [0.29, 0.717) is 24.5 Å². The van der Waals surface area contributed by atoms with Crippen molar-refractivity contribution in [3.8, 4) is 17.2 Å². The first kappa shape index (κ1) is 30.4. The first-order valence-electron chi connectivity index (χ1n) is 12.1. The van der Waals surface area contributed by atoms with E-state index in [9.17, 15) is 21.6 Å². The number of carbonyl (C=O) groups excluding carboxylic acids is 1. The van der Waals surface area contributed by atoms with Gasteiger partial charge in [0.25, 0.3) is 0 Å². The molecule has 0 bridgehead atoms. The summed E-state index contributed by atoms with van der Waals surface area (Å²) >= 11 is 0. The van der Waals surface area contributed by atoms with Crippen LogP contribution in [0.3, 0.4) is 0 Å². The van der Waals surface area contributed by atoms with Crippen LogP contribution in [-0.2, 0) is 19.9 Å². The van der Waals surface area contributed by atoms with Gasteiger partial charge in [0.2, 0.25) is 15.9 Å². The van der Waals surface area contributed by atoms with Crippen LogP contribution in [0.15, 0.2) is 41.3 Å². The summed E-state index contributed by atoms with van der Waals surface area (Å²) in [5.74, 6) is -0.199. The molecule has 0 saturated carbocycles. The van der Waals surface area contributed by atoms with Gasteiger partial charge >= 0.3 is 0 Å². The summed E-state index contributed by atoms with van der Waals surface area (Å²) in [6.07, 6.45) is 2.64.